The predicted octanol–water partition coefficient (Wildman–Crippen LogP) is 3.65. The summed E-state index contributed by atoms with van der Waals surface area (Å²) in [5.41, 5.74) is 0. The van der Waals surface area contributed by atoms with E-state index in [4.69, 9.17) is 0 Å². The number of unbranched alkanes of at least 4 members (excludes halogenated alkanes) is 3. The lowest BCUT2D eigenvalue weighted by Gasteiger charge is -2.20. The van der Waals surface area contributed by atoms with Crippen LogP contribution in [0.4, 0.5) is 0 Å². The summed E-state index contributed by atoms with van der Waals surface area (Å²) < 4.78 is 11.9. The quantitative estimate of drug-likeness (QED) is 0.619. The zero-order valence-electron chi connectivity index (χ0n) is 9.46. The van der Waals surface area contributed by atoms with Crippen LogP contribution in [-0.4, -0.2) is 15.2 Å². The zero-order chi connectivity index (χ0) is 10.2. The van der Waals surface area contributed by atoms with Gasteiger partial charge in [-0.2, -0.15) is 0 Å². The molecule has 0 spiro atoms. The summed E-state index contributed by atoms with van der Waals surface area (Å²) >= 11 is 0. The summed E-state index contributed by atoms with van der Waals surface area (Å²) in [5.74, 6) is 0.963. The van der Waals surface area contributed by atoms with Crippen LogP contribution in [0.5, 0.6) is 0 Å². The first-order valence-corrected chi connectivity index (χ1v) is 7.60. The Morgan fingerprint density at radius 2 is 1.79 bits per heavy atom. The zero-order valence-corrected chi connectivity index (χ0v) is 10.3. The Balaban J connectivity index is 2.07. The fourth-order valence-corrected chi connectivity index (χ4v) is 3.85. The van der Waals surface area contributed by atoms with Gasteiger partial charge in [-0.05, 0) is 19.3 Å². The van der Waals surface area contributed by atoms with Crippen molar-refractivity contribution in [3.8, 4) is 0 Å². The van der Waals surface area contributed by atoms with Gasteiger partial charge in [0.25, 0.3) is 0 Å². The van der Waals surface area contributed by atoms with Gasteiger partial charge in [0.1, 0.15) is 0 Å². The van der Waals surface area contributed by atoms with Gasteiger partial charge in [-0.25, -0.2) is 0 Å². The summed E-state index contributed by atoms with van der Waals surface area (Å²) in [6.07, 6.45) is 11.5. The molecule has 14 heavy (non-hydrogen) atoms. The van der Waals surface area contributed by atoms with E-state index in [1.165, 1.54) is 57.8 Å². The topological polar surface area (TPSA) is 17.1 Å². The highest BCUT2D eigenvalue weighted by Gasteiger charge is 2.18. The molecule has 1 fully saturated rings. The minimum atomic E-state index is -0.510. The number of rotatable bonds is 6. The van der Waals surface area contributed by atoms with Crippen LogP contribution < -0.4 is 0 Å². The fourth-order valence-electron chi connectivity index (χ4n) is 2.17. The van der Waals surface area contributed by atoms with Crippen molar-refractivity contribution in [2.24, 2.45) is 0 Å². The molecule has 0 aromatic rings. The molecule has 0 bridgehead atoms. The van der Waals surface area contributed by atoms with Crippen LogP contribution in [0, 0.1) is 0 Å². The fraction of sp³-hybridized carbons (Fsp3) is 1.00. The standard InChI is InChI=1S/C12H24OS/c1-2-3-4-8-11-14(13)12-9-6-5-7-10-12/h12H,2-11H2,1H3. The van der Waals surface area contributed by atoms with E-state index in [1.54, 1.807) is 0 Å². The van der Waals surface area contributed by atoms with Crippen molar-refractivity contribution >= 4 is 10.8 Å². The smallest absolute Gasteiger partial charge is 0.0348 e. The van der Waals surface area contributed by atoms with Gasteiger partial charge in [-0.1, -0.05) is 45.4 Å². The minimum absolute atomic E-state index is 0.510. The van der Waals surface area contributed by atoms with Crippen molar-refractivity contribution in [1.29, 1.82) is 0 Å². The van der Waals surface area contributed by atoms with Gasteiger partial charge < -0.3 is 0 Å². The molecule has 84 valence electrons. The molecule has 1 saturated carbocycles. The van der Waals surface area contributed by atoms with Crippen LogP contribution in [0.25, 0.3) is 0 Å². The van der Waals surface area contributed by atoms with Crippen molar-refractivity contribution in [1.82, 2.24) is 0 Å². The maximum atomic E-state index is 11.9. The highest BCUT2D eigenvalue weighted by Crippen LogP contribution is 2.22. The van der Waals surface area contributed by atoms with Crippen LogP contribution in [0.1, 0.15) is 64.7 Å². The second-order valence-electron chi connectivity index (χ2n) is 4.41. The monoisotopic (exact) mass is 216 g/mol. The molecule has 0 aromatic carbocycles. The van der Waals surface area contributed by atoms with Gasteiger partial charge >= 0.3 is 0 Å². The number of hydrogen-bond donors (Lipinski definition) is 0. The first-order chi connectivity index (χ1) is 6.84. The van der Waals surface area contributed by atoms with E-state index in [9.17, 15) is 4.21 Å². The molecule has 0 heterocycles. The number of hydrogen-bond acceptors (Lipinski definition) is 1. The maximum Gasteiger partial charge on any atom is 0.0348 e. The molecule has 0 radical (unpaired) electrons. The first-order valence-electron chi connectivity index (χ1n) is 6.21. The Hall–Kier alpha value is 0.150. The van der Waals surface area contributed by atoms with Crippen molar-refractivity contribution < 1.29 is 4.21 Å². The molecule has 2 heteroatoms. The molecule has 0 aromatic heterocycles. The minimum Gasteiger partial charge on any atom is -0.259 e. The van der Waals surface area contributed by atoms with Gasteiger partial charge in [0.05, 0.1) is 0 Å². The second-order valence-corrected chi connectivity index (χ2v) is 6.24. The van der Waals surface area contributed by atoms with E-state index in [0.717, 1.165) is 5.75 Å². The molecule has 1 aliphatic carbocycles. The Morgan fingerprint density at radius 1 is 1.07 bits per heavy atom. The normalized spacial score (nSPS) is 20.9. The summed E-state index contributed by atoms with van der Waals surface area (Å²) in [6.45, 7) is 2.22. The van der Waals surface area contributed by atoms with E-state index in [0.29, 0.717) is 5.25 Å². The predicted molar refractivity (Wildman–Crippen MR) is 64.0 cm³/mol. The second kappa shape index (κ2) is 7.44. The van der Waals surface area contributed by atoms with Crippen LogP contribution in [0.3, 0.4) is 0 Å². The van der Waals surface area contributed by atoms with Crippen molar-refractivity contribution in [3.05, 3.63) is 0 Å². The van der Waals surface area contributed by atoms with Crippen LogP contribution in [-0.2, 0) is 10.8 Å². The molecule has 1 atom stereocenters. The molecule has 1 rings (SSSR count). The first kappa shape index (κ1) is 12.2. The molecular formula is C12H24OS. The lowest BCUT2D eigenvalue weighted by atomic mass is 10.0. The average Bonchev–Trinajstić information content (AvgIpc) is 2.25. The molecule has 1 unspecified atom stereocenters. The molecule has 0 saturated heterocycles. The Labute approximate surface area is 91.1 Å². The van der Waals surface area contributed by atoms with E-state index in [-0.39, 0.29) is 0 Å². The van der Waals surface area contributed by atoms with Crippen molar-refractivity contribution in [3.63, 3.8) is 0 Å². The molecule has 0 N–H and O–H groups in total. The van der Waals surface area contributed by atoms with Gasteiger partial charge in [-0.3, -0.25) is 4.21 Å². The van der Waals surface area contributed by atoms with E-state index in [2.05, 4.69) is 6.92 Å². The van der Waals surface area contributed by atoms with Crippen LogP contribution >= 0.6 is 0 Å². The van der Waals surface area contributed by atoms with Gasteiger partial charge in [0.15, 0.2) is 0 Å². The SMILES string of the molecule is CCCCCCS(=O)C1CCCCC1. The third kappa shape index (κ3) is 4.59. The summed E-state index contributed by atoms with van der Waals surface area (Å²) in [5, 5.41) is 0.547. The molecule has 1 aliphatic rings. The van der Waals surface area contributed by atoms with Gasteiger partial charge in [0.2, 0.25) is 0 Å². The molecule has 1 nitrogen and oxygen atoms in total. The van der Waals surface area contributed by atoms with E-state index in [1.807, 2.05) is 0 Å². The van der Waals surface area contributed by atoms with Gasteiger partial charge in [-0.15, -0.1) is 0 Å². The molecular weight excluding hydrogens is 192 g/mol. The third-order valence-electron chi connectivity index (χ3n) is 3.12. The van der Waals surface area contributed by atoms with Crippen molar-refractivity contribution in [2.75, 3.05) is 5.75 Å². The highest BCUT2D eigenvalue weighted by molar-refractivity contribution is 7.85. The van der Waals surface area contributed by atoms with Crippen LogP contribution in [0.2, 0.25) is 0 Å². The lowest BCUT2D eigenvalue weighted by Crippen LogP contribution is -2.20. The van der Waals surface area contributed by atoms with Crippen molar-refractivity contribution in [2.45, 2.75) is 70.0 Å². The average molecular weight is 216 g/mol. The van der Waals surface area contributed by atoms with Crippen LogP contribution in [0.15, 0.2) is 0 Å². The third-order valence-corrected chi connectivity index (χ3v) is 5.03. The van der Waals surface area contributed by atoms with E-state index < -0.39 is 10.8 Å². The Bertz CT molecular complexity index is 162. The largest absolute Gasteiger partial charge is 0.259 e. The summed E-state index contributed by atoms with van der Waals surface area (Å²) in [6, 6.07) is 0. The molecule has 0 aliphatic heterocycles. The summed E-state index contributed by atoms with van der Waals surface area (Å²) in [7, 11) is -0.510. The van der Waals surface area contributed by atoms with Gasteiger partial charge in [0, 0.05) is 21.8 Å². The van der Waals surface area contributed by atoms with E-state index >= 15 is 0 Å². The lowest BCUT2D eigenvalue weighted by molar-refractivity contribution is 0.504. The highest BCUT2D eigenvalue weighted by atomic mass is 32.2. The Kier molecular flexibility index (Phi) is 6.50. The summed E-state index contributed by atoms with van der Waals surface area (Å²) in [4.78, 5) is 0. The molecule has 0 amide bonds. The maximum absolute atomic E-state index is 11.9. The Morgan fingerprint density at radius 3 is 2.43 bits per heavy atom.